The smallest absolute Gasteiger partial charge is 0.138 e. The molecular formula is C37H37N2P. The Morgan fingerprint density at radius 1 is 0.550 bits per heavy atom. The molecule has 40 heavy (non-hydrogen) atoms. The number of hydrogen-bond donors (Lipinski definition) is 1. The lowest BCUT2D eigenvalue weighted by molar-refractivity contribution is 0.834. The fraction of sp³-hybridized carbons (Fsp3) is 0.162. The largest absolute Gasteiger partial charge is 0.339 e. The molecule has 0 radical (unpaired) electrons. The Morgan fingerprint density at radius 3 is 1.55 bits per heavy atom. The Balaban J connectivity index is 1.68. The van der Waals surface area contributed by atoms with E-state index in [2.05, 4.69) is 166 Å². The van der Waals surface area contributed by atoms with Gasteiger partial charge in [0.1, 0.15) is 5.84 Å². The molecule has 5 aromatic rings. The predicted molar refractivity (Wildman–Crippen MR) is 176 cm³/mol. The minimum atomic E-state index is -0.776. The maximum atomic E-state index is 5.43. The molecule has 0 amide bonds. The number of nitrogens with zero attached hydrogens (tertiary/aromatic N) is 1. The van der Waals surface area contributed by atoms with Gasteiger partial charge in [-0.15, -0.1) is 0 Å². The van der Waals surface area contributed by atoms with Gasteiger partial charge in [0.25, 0.3) is 0 Å². The predicted octanol–water partition coefficient (Wildman–Crippen LogP) is 8.88. The number of nitrogens with one attached hydrogen (secondary N) is 1. The summed E-state index contributed by atoms with van der Waals surface area (Å²) in [7, 11) is -0.776. The highest BCUT2D eigenvalue weighted by Gasteiger charge is 2.21. The van der Waals surface area contributed by atoms with Crippen LogP contribution < -0.4 is 21.2 Å². The molecule has 0 saturated heterocycles. The summed E-state index contributed by atoms with van der Waals surface area (Å²) in [5, 5.41) is 7.75. The molecular weight excluding hydrogens is 503 g/mol. The number of benzene rings is 5. The number of aliphatic imine (C=N–C) groups is 1. The van der Waals surface area contributed by atoms with Crippen LogP contribution in [0.2, 0.25) is 0 Å². The van der Waals surface area contributed by atoms with E-state index in [1.807, 2.05) is 0 Å². The van der Waals surface area contributed by atoms with Gasteiger partial charge in [-0.3, -0.25) is 0 Å². The minimum absolute atomic E-state index is 0.366. The Labute approximate surface area is 240 Å². The van der Waals surface area contributed by atoms with Crippen LogP contribution in [-0.4, -0.2) is 5.84 Å². The second-order valence-corrected chi connectivity index (χ2v) is 12.8. The fourth-order valence-corrected chi connectivity index (χ4v) is 7.40. The van der Waals surface area contributed by atoms with Crippen molar-refractivity contribution in [1.82, 2.24) is 0 Å². The van der Waals surface area contributed by atoms with Crippen LogP contribution in [-0.2, 0) is 0 Å². The zero-order valence-corrected chi connectivity index (χ0v) is 24.6. The first-order valence-corrected chi connectivity index (χ1v) is 15.4. The van der Waals surface area contributed by atoms with Crippen LogP contribution in [0.1, 0.15) is 56.2 Å². The fourth-order valence-electron chi connectivity index (χ4n) is 5.00. The summed E-state index contributed by atoms with van der Waals surface area (Å²) < 4.78 is 0. The maximum Gasteiger partial charge on any atom is 0.138 e. The van der Waals surface area contributed by atoms with Gasteiger partial charge in [-0.25, -0.2) is 4.99 Å². The molecule has 2 nitrogen and oxygen atoms in total. The quantitative estimate of drug-likeness (QED) is 0.119. The van der Waals surface area contributed by atoms with Crippen LogP contribution in [0.15, 0.2) is 138 Å². The van der Waals surface area contributed by atoms with Crippen molar-refractivity contribution >= 4 is 41.0 Å². The lowest BCUT2D eigenvalue weighted by Gasteiger charge is -2.24. The van der Waals surface area contributed by atoms with Crippen LogP contribution in [0.25, 0.3) is 0 Å². The van der Waals surface area contributed by atoms with Crippen molar-refractivity contribution in [2.45, 2.75) is 39.5 Å². The van der Waals surface area contributed by atoms with Gasteiger partial charge in [0.15, 0.2) is 0 Å². The number of amidine groups is 1. The molecule has 200 valence electrons. The van der Waals surface area contributed by atoms with E-state index in [4.69, 9.17) is 4.99 Å². The molecule has 0 spiro atoms. The Bertz CT molecular complexity index is 1490. The topological polar surface area (TPSA) is 24.4 Å². The standard InChI is InChI=1S/C37H37N2P/c1-27(2)32-23-16-24-33(28(3)4)36(32)39-37(29-17-8-5-9-18-29)38-34-25-14-15-26-35(34)40(30-19-10-6-11-20-30)31-21-12-7-13-22-31/h5-28H,1-4H3,(H,38,39). The highest BCUT2D eigenvalue weighted by atomic mass is 31.1. The minimum Gasteiger partial charge on any atom is -0.339 e. The summed E-state index contributed by atoms with van der Waals surface area (Å²) in [6.07, 6.45) is 0. The van der Waals surface area contributed by atoms with Gasteiger partial charge in [-0.2, -0.15) is 0 Å². The van der Waals surface area contributed by atoms with Crippen LogP contribution in [0.5, 0.6) is 0 Å². The second kappa shape index (κ2) is 12.9. The van der Waals surface area contributed by atoms with E-state index in [0.29, 0.717) is 11.8 Å². The van der Waals surface area contributed by atoms with Crippen molar-refractivity contribution in [2.75, 3.05) is 5.32 Å². The molecule has 0 bridgehead atoms. The molecule has 0 aliphatic carbocycles. The van der Waals surface area contributed by atoms with Crippen molar-refractivity contribution in [1.29, 1.82) is 0 Å². The number of para-hydroxylation sites is 2. The SMILES string of the molecule is CC(C)c1cccc(C(C)C)c1N=C(Nc1ccccc1P(c1ccccc1)c1ccccc1)c1ccccc1. The molecule has 0 fully saturated rings. The van der Waals surface area contributed by atoms with E-state index in [-0.39, 0.29) is 0 Å². The Kier molecular flexibility index (Phi) is 8.89. The van der Waals surface area contributed by atoms with E-state index >= 15 is 0 Å². The van der Waals surface area contributed by atoms with Crippen LogP contribution in [0, 0.1) is 0 Å². The first-order chi connectivity index (χ1) is 19.5. The first kappa shape index (κ1) is 27.6. The molecule has 0 atom stereocenters. The number of rotatable bonds is 8. The zero-order valence-electron chi connectivity index (χ0n) is 23.8. The van der Waals surface area contributed by atoms with Crippen LogP contribution >= 0.6 is 7.92 Å². The summed E-state index contributed by atoms with van der Waals surface area (Å²) in [5.41, 5.74) is 5.76. The monoisotopic (exact) mass is 540 g/mol. The average molecular weight is 541 g/mol. The van der Waals surface area contributed by atoms with Crippen molar-refractivity contribution in [3.05, 3.63) is 150 Å². The number of hydrogen-bond acceptors (Lipinski definition) is 1. The van der Waals surface area contributed by atoms with Gasteiger partial charge in [-0.05, 0) is 47.6 Å². The van der Waals surface area contributed by atoms with Gasteiger partial charge in [0.05, 0.1) is 5.69 Å². The average Bonchev–Trinajstić information content (AvgIpc) is 2.99. The van der Waals surface area contributed by atoms with Gasteiger partial charge in [-0.1, -0.05) is 155 Å². The van der Waals surface area contributed by atoms with Crippen molar-refractivity contribution in [3.8, 4) is 0 Å². The molecule has 0 aromatic heterocycles. The highest BCUT2D eigenvalue weighted by molar-refractivity contribution is 7.80. The number of anilines is 1. The van der Waals surface area contributed by atoms with Crippen LogP contribution in [0.3, 0.4) is 0 Å². The van der Waals surface area contributed by atoms with Gasteiger partial charge in [0.2, 0.25) is 0 Å². The molecule has 5 rings (SSSR count). The summed E-state index contributed by atoms with van der Waals surface area (Å²) in [4.78, 5) is 5.43. The molecule has 0 aliphatic rings. The van der Waals surface area contributed by atoms with E-state index in [1.54, 1.807) is 0 Å². The third kappa shape index (κ3) is 6.24. The van der Waals surface area contributed by atoms with Gasteiger partial charge >= 0.3 is 0 Å². The molecule has 3 heteroatoms. The Hall–Kier alpha value is -4.00. The summed E-state index contributed by atoms with van der Waals surface area (Å²) in [5.74, 6) is 1.59. The maximum absolute atomic E-state index is 5.43. The van der Waals surface area contributed by atoms with Crippen molar-refractivity contribution in [2.24, 2.45) is 4.99 Å². The normalized spacial score (nSPS) is 11.8. The third-order valence-electron chi connectivity index (χ3n) is 7.04. The lowest BCUT2D eigenvalue weighted by Crippen LogP contribution is -2.25. The molecule has 0 heterocycles. The van der Waals surface area contributed by atoms with Crippen molar-refractivity contribution < 1.29 is 0 Å². The summed E-state index contributed by atoms with van der Waals surface area (Å²) >= 11 is 0. The van der Waals surface area contributed by atoms with E-state index < -0.39 is 7.92 Å². The molecule has 0 unspecified atom stereocenters. The molecule has 1 N–H and O–H groups in total. The summed E-state index contributed by atoms with van der Waals surface area (Å²) in [6.45, 7) is 8.99. The summed E-state index contributed by atoms with van der Waals surface area (Å²) in [6, 6.07) is 47.5. The van der Waals surface area contributed by atoms with E-state index in [9.17, 15) is 0 Å². The van der Waals surface area contributed by atoms with E-state index in [0.717, 1.165) is 22.8 Å². The zero-order chi connectivity index (χ0) is 27.9. The van der Waals surface area contributed by atoms with Gasteiger partial charge in [0, 0.05) is 16.6 Å². The highest BCUT2D eigenvalue weighted by Crippen LogP contribution is 2.37. The first-order valence-electron chi connectivity index (χ1n) is 14.1. The third-order valence-corrected chi connectivity index (χ3v) is 9.54. The molecule has 0 aliphatic heterocycles. The lowest BCUT2D eigenvalue weighted by atomic mass is 9.93. The van der Waals surface area contributed by atoms with Crippen LogP contribution in [0.4, 0.5) is 11.4 Å². The second-order valence-electron chi connectivity index (χ2n) is 10.6. The van der Waals surface area contributed by atoms with E-state index in [1.165, 1.54) is 27.0 Å². The molecule has 5 aromatic carbocycles. The molecule has 0 saturated carbocycles. The Morgan fingerprint density at radius 2 is 1.02 bits per heavy atom. The van der Waals surface area contributed by atoms with Crippen molar-refractivity contribution in [3.63, 3.8) is 0 Å². The van der Waals surface area contributed by atoms with Gasteiger partial charge < -0.3 is 5.32 Å².